The van der Waals surface area contributed by atoms with Crippen LogP contribution in [0.15, 0.2) is 41.4 Å². The summed E-state index contributed by atoms with van der Waals surface area (Å²) < 4.78 is 6.36. The molecule has 0 spiro atoms. The Morgan fingerprint density at radius 3 is 2.70 bits per heavy atom. The molecule has 1 N–H and O–H groups in total. The van der Waals surface area contributed by atoms with Gasteiger partial charge in [-0.25, -0.2) is 9.97 Å². The van der Waals surface area contributed by atoms with E-state index in [1.807, 2.05) is 30.6 Å². The Bertz CT molecular complexity index is 548. The summed E-state index contributed by atoms with van der Waals surface area (Å²) in [4.78, 5) is 8.23. The predicted molar refractivity (Wildman–Crippen MR) is 82.9 cm³/mol. The molecule has 2 aromatic rings. The van der Waals surface area contributed by atoms with Gasteiger partial charge in [0.05, 0.1) is 13.2 Å². The first-order valence-electron chi connectivity index (χ1n) is 6.58. The van der Waals surface area contributed by atoms with Crippen LogP contribution in [0.4, 0.5) is 0 Å². The minimum Gasteiger partial charge on any atom is -0.497 e. The van der Waals surface area contributed by atoms with E-state index in [0.717, 1.165) is 34.3 Å². The zero-order valence-corrected chi connectivity index (χ0v) is 13.2. The van der Waals surface area contributed by atoms with Crippen molar-refractivity contribution in [3.8, 4) is 5.75 Å². The second kappa shape index (κ2) is 7.36. The number of nitrogens with one attached hydrogen (secondary N) is 1. The van der Waals surface area contributed by atoms with Gasteiger partial charge in [-0.1, -0.05) is 22.9 Å². The number of hydrogen-bond donors (Lipinski definition) is 1. The first-order valence-corrected chi connectivity index (χ1v) is 7.37. The van der Waals surface area contributed by atoms with E-state index in [1.54, 1.807) is 13.4 Å². The molecule has 106 valence electrons. The summed E-state index contributed by atoms with van der Waals surface area (Å²) in [6.07, 6.45) is 6.28. The molecule has 20 heavy (non-hydrogen) atoms. The highest BCUT2D eigenvalue weighted by atomic mass is 79.9. The van der Waals surface area contributed by atoms with Crippen molar-refractivity contribution in [3.63, 3.8) is 0 Å². The van der Waals surface area contributed by atoms with Gasteiger partial charge in [-0.2, -0.15) is 0 Å². The van der Waals surface area contributed by atoms with Gasteiger partial charge in [-0.15, -0.1) is 0 Å². The van der Waals surface area contributed by atoms with E-state index in [4.69, 9.17) is 4.74 Å². The Balaban J connectivity index is 2.40. The summed E-state index contributed by atoms with van der Waals surface area (Å²) in [5.41, 5.74) is 2.16. The minimum atomic E-state index is 0.0422. The van der Waals surface area contributed by atoms with Gasteiger partial charge < -0.3 is 10.1 Å². The number of methoxy groups -OCH3 is 1. The van der Waals surface area contributed by atoms with Crippen molar-refractivity contribution < 1.29 is 4.74 Å². The molecule has 1 aromatic carbocycles. The van der Waals surface area contributed by atoms with Crippen LogP contribution in [0.3, 0.4) is 0 Å². The molecule has 0 radical (unpaired) electrons. The van der Waals surface area contributed by atoms with Crippen LogP contribution >= 0.6 is 15.9 Å². The molecule has 5 heteroatoms. The van der Waals surface area contributed by atoms with Gasteiger partial charge in [0.15, 0.2) is 0 Å². The zero-order valence-electron chi connectivity index (χ0n) is 11.6. The van der Waals surface area contributed by atoms with Gasteiger partial charge in [0.25, 0.3) is 0 Å². The molecule has 1 aromatic heterocycles. The second-order valence-corrected chi connectivity index (χ2v) is 5.30. The van der Waals surface area contributed by atoms with Crippen molar-refractivity contribution in [1.29, 1.82) is 0 Å². The quantitative estimate of drug-likeness (QED) is 0.879. The van der Waals surface area contributed by atoms with E-state index < -0.39 is 0 Å². The van der Waals surface area contributed by atoms with Crippen LogP contribution in [-0.4, -0.2) is 23.6 Å². The number of aromatic nitrogens is 2. The number of ether oxygens (including phenoxy) is 1. The highest BCUT2D eigenvalue weighted by molar-refractivity contribution is 9.10. The maximum Gasteiger partial charge on any atom is 0.119 e. The monoisotopic (exact) mass is 335 g/mol. The minimum absolute atomic E-state index is 0.0422. The van der Waals surface area contributed by atoms with Crippen molar-refractivity contribution in [2.24, 2.45) is 0 Å². The van der Waals surface area contributed by atoms with E-state index in [1.165, 1.54) is 0 Å². The summed E-state index contributed by atoms with van der Waals surface area (Å²) in [5, 5.41) is 3.53. The van der Waals surface area contributed by atoms with Gasteiger partial charge >= 0.3 is 0 Å². The van der Waals surface area contributed by atoms with Crippen molar-refractivity contribution in [3.05, 3.63) is 52.5 Å². The Kier molecular flexibility index (Phi) is 5.49. The van der Waals surface area contributed by atoms with Crippen LogP contribution in [0.5, 0.6) is 5.75 Å². The molecule has 1 unspecified atom stereocenters. The highest BCUT2D eigenvalue weighted by Gasteiger charge is 2.17. The average molecular weight is 336 g/mol. The fourth-order valence-corrected chi connectivity index (χ4v) is 2.50. The maximum atomic E-state index is 5.32. The van der Waals surface area contributed by atoms with Crippen LogP contribution in [0.1, 0.15) is 30.5 Å². The molecule has 0 aliphatic carbocycles. The molecule has 0 aliphatic rings. The van der Waals surface area contributed by atoms with E-state index in [-0.39, 0.29) is 6.04 Å². The lowest BCUT2D eigenvalue weighted by atomic mass is 10.0. The number of halogens is 1. The fraction of sp³-hybridized carbons (Fsp3) is 0.333. The summed E-state index contributed by atoms with van der Waals surface area (Å²) in [5.74, 6) is 0.836. The number of benzene rings is 1. The van der Waals surface area contributed by atoms with Crippen LogP contribution in [0.25, 0.3) is 0 Å². The lowest BCUT2D eigenvalue weighted by Gasteiger charge is -2.20. The van der Waals surface area contributed by atoms with Crippen molar-refractivity contribution in [2.75, 3.05) is 13.7 Å². The SMILES string of the molecule is CCCNC(c1cncnc1)c1cc(OC)ccc1Br. The molecule has 0 saturated carbocycles. The molecule has 0 bridgehead atoms. The highest BCUT2D eigenvalue weighted by Crippen LogP contribution is 2.31. The van der Waals surface area contributed by atoms with Crippen LogP contribution in [0, 0.1) is 0 Å². The second-order valence-electron chi connectivity index (χ2n) is 4.45. The smallest absolute Gasteiger partial charge is 0.119 e. The molecule has 0 saturated heterocycles. The summed E-state index contributed by atoms with van der Waals surface area (Å²) in [7, 11) is 1.67. The zero-order chi connectivity index (χ0) is 14.4. The molecule has 4 nitrogen and oxygen atoms in total. The molecule has 1 atom stereocenters. The molecule has 2 rings (SSSR count). The third kappa shape index (κ3) is 3.55. The fourth-order valence-electron chi connectivity index (χ4n) is 2.03. The number of rotatable bonds is 6. The van der Waals surface area contributed by atoms with Crippen LogP contribution in [0.2, 0.25) is 0 Å². The summed E-state index contributed by atoms with van der Waals surface area (Å²) >= 11 is 3.61. The van der Waals surface area contributed by atoms with Gasteiger partial charge in [-0.05, 0) is 36.7 Å². The van der Waals surface area contributed by atoms with E-state index >= 15 is 0 Å². The van der Waals surface area contributed by atoms with Crippen molar-refractivity contribution >= 4 is 15.9 Å². The predicted octanol–water partition coefficient (Wildman–Crippen LogP) is 3.34. The first kappa shape index (κ1) is 14.9. The van der Waals surface area contributed by atoms with Gasteiger partial charge in [0.1, 0.15) is 12.1 Å². The molecule has 0 amide bonds. The Morgan fingerprint density at radius 2 is 2.05 bits per heavy atom. The average Bonchev–Trinajstić information content (AvgIpc) is 2.50. The lowest BCUT2D eigenvalue weighted by Crippen LogP contribution is -2.23. The third-order valence-electron chi connectivity index (χ3n) is 3.03. The topological polar surface area (TPSA) is 47.0 Å². The van der Waals surface area contributed by atoms with Gasteiger partial charge in [0, 0.05) is 22.4 Å². The molecule has 0 aliphatic heterocycles. The number of hydrogen-bond acceptors (Lipinski definition) is 4. The molecular weight excluding hydrogens is 318 g/mol. The van der Waals surface area contributed by atoms with E-state index in [2.05, 4.69) is 38.1 Å². The first-order chi connectivity index (χ1) is 9.76. The molecule has 0 fully saturated rings. The van der Waals surface area contributed by atoms with Gasteiger partial charge in [0.2, 0.25) is 0 Å². The Morgan fingerprint density at radius 1 is 1.30 bits per heavy atom. The van der Waals surface area contributed by atoms with E-state index in [9.17, 15) is 0 Å². The largest absolute Gasteiger partial charge is 0.497 e. The lowest BCUT2D eigenvalue weighted by molar-refractivity contribution is 0.413. The van der Waals surface area contributed by atoms with Crippen LogP contribution in [-0.2, 0) is 0 Å². The Hall–Kier alpha value is -1.46. The van der Waals surface area contributed by atoms with Crippen LogP contribution < -0.4 is 10.1 Å². The Labute approximate surface area is 127 Å². The number of nitrogens with zero attached hydrogens (tertiary/aromatic N) is 2. The van der Waals surface area contributed by atoms with E-state index in [0.29, 0.717) is 0 Å². The summed E-state index contributed by atoms with van der Waals surface area (Å²) in [6, 6.07) is 6.01. The van der Waals surface area contributed by atoms with Gasteiger partial charge in [-0.3, -0.25) is 0 Å². The normalized spacial score (nSPS) is 12.2. The third-order valence-corrected chi connectivity index (χ3v) is 3.75. The molecular formula is C15H18BrN3O. The standard InChI is InChI=1S/C15H18BrN3O/c1-3-6-19-15(11-8-17-10-18-9-11)13-7-12(20-2)4-5-14(13)16/h4-5,7-10,15,19H,3,6H2,1-2H3. The molecule has 1 heterocycles. The van der Waals surface area contributed by atoms with Crippen molar-refractivity contribution in [2.45, 2.75) is 19.4 Å². The summed E-state index contributed by atoms with van der Waals surface area (Å²) in [6.45, 7) is 3.06. The van der Waals surface area contributed by atoms with Crippen molar-refractivity contribution in [1.82, 2.24) is 15.3 Å². The maximum absolute atomic E-state index is 5.32.